The molecule has 0 aliphatic carbocycles. The second kappa shape index (κ2) is 12.5. The number of aromatic nitrogens is 1. The van der Waals surface area contributed by atoms with Gasteiger partial charge in [0, 0.05) is 23.5 Å². The van der Waals surface area contributed by atoms with E-state index < -0.39 is 11.6 Å². The molecule has 0 amide bonds. The van der Waals surface area contributed by atoms with E-state index in [1.54, 1.807) is 0 Å². The molecule has 0 saturated carbocycles. The van der Waals surface area contributed by atoms with Gasteiger partial charge in [0.1, 0.15) is 0 Å². The summed E-state index contributed by atoms with van der Waals surface area (Å²) >= 11 is 0. The summed E-state index contributed by atoms with van der Waals surface area (Å²) in [5.74, 6) is -0.176. The van der Waals surface area contributed by atoms with Crippen molar-refractivity contribution in [1.29, 1.82) is 0 Å². The molecule has 3 aromatic rings. The van der Waals surface area contributed by atoms with Crippen molar-refractivity contribution in [3.8, 4) is 28.3 Å². The average Bonchev–Trinajstić information content (AvgIpc) is 3.43. The zero-order chi connectivity index (χ0) is 26.8. The lowest BCUT2D eigenvalue weighted by molar-refractivity contribution is -0.137. The molecule has 1 aromatic heterocycles. The number of benzene rings is 2. The lowest BCUT2D eigenvalue weighted by atomic mass is 9.73. The van der Waals surface area contributed by atoms with E-state index in [4.69, 9.17) is 14.8 Å². The number of hydrogen-bond acceptors (Lipinski definition) is 7. The molecular formula is C30H35N5O3. The van der Waals surface area contributed by atoms with Gasteiger partial charge in [-0.2, -0.15) is 0 Å². The first-order valence-electron chi connectivity index (χ1n) is 13.2. The summed E-state index contributed by atoms with van der Waals surface area (Å²) in [6, 6.07) is 24.5. The second-order valence-electron chi connectivity index (χ2n) is 10.3. The Morgan fingerprint density at radius 2 is 1.50 bits per heavy atom. The van der Waals surface area contributed by atoms with E-state index in [9.17, 15) is 4.79 Å². The average molecular weight is 514 g/mol. The Labute approximate surface area is 223 Å². The van der Waals surface area contributed by atoms with Gasteiger partial charge in [0.25, 0.3) is 0 Å². The zero-order valence-corrected chi connectivity index (χ0v) is 22.1. The standard InChI is InChI=1S/C30H35N5O3/c1-29(2,30(32-34-35-33-30)19-10-9-17-28(36)37)18-11-12-20-38-27-22-25(23-13-5-3-6-14-23)21-26(31-27)24-15-7-4-8-16-24/h3-8,13-16,21-22H,9-12,17-20H2,1-2H3,(H,36,37). The maximum atomic E-state index is 10.9. The fourth-order valence-corrected chi connectivity index (χ4v) is 4.74. The number of aliphatic carboxylic acids is 1. The Bertz CT molecular complexity index is 1190. The lowest BCUT2D eigenvalue weighted by Crippen LogP contribution is -2.40. The van der Waals surface area contributed by atoms with Crippen LogP contribution >= 0.6 is 0 Å². The Morgan fingerprint density at radius 1 is 0.842 bits per heavy atom. The van der Waals surface area contributed by atoms with Crippen LogP contribution in [0.1, 0.15) is 58.8 Å². The molecule has 0 bridgehead atoms. The maximum Gasteiger partial charge on any atom is 0.303 e. The predicted octanol–water partition coefficient (Wildman–Crippen LogP) is 8.17. The molecule has 2 heterocycles. The summed E-state index contributed by atoms with van der Waals surface area (Å²) in [7, 11) is 0. The van der Waals surface area contributed by atoms with Crippen LogP contribution in [0.4, 0.5) is 0 Å². The van der Waals surface area contributed by atoms with Crippen LogP contribution in [-0.2, 0) is 4.79 Å². The van der Waals surface area contributed by atoms with Crippen molar-refractivity contribution in [3.05, 3.63) is 72.8 Å². The van der Waals surface area contributed by atoms with Gasteiger partial charge in [0.15, 0.2) is 5.66 Å². The van der Waals surface area contributed by atoms with Crippen LogP contribution in [0.5, 0.6) is 5.88 Å². The quantitative estimate of drug-likeness (QED) is 0.219. The van der Waals surface area contributed by atoms with Crippen LogP contribution in [0.25, 0.3) is 22.4 Å². The largest absolute Gasteiger partial charge is 0.481 e. The van der Waals surface area contributed by atoms with Crippen molar-refractivity contribution < 1.29 is 14.6 Å². The van der Waals surface area contributed by atoms with Crippen LogP contribution < -0.4 is 4.74 Å². The fourth-order valence-electron chi connectivity index (χ4n) is 4.74. The highest BCUT2D eigenvalue weighted by molar-refractivity contribution is 5.71. The van der Waals surface area contributed by atoms with Gasteiger partial charge in [-0.15, -0.1) is 10.2 Å². The topological polar surface area (TPSA) is 109 Å². The lowest BCUT2D eigenvalue weighted by Gasteiger charge is -2.37. The van der Waals surface area contributed by atoms with E-state index in [1.807, 2.05) is 42.5 Å². The molecule has 0 radical (unpaired) electrons. The monoisotopic (exact) mass is 513 g/mol. The van der Waals surface area contributed by atoms with Gasteiger partial charge in [0.2, 0.25) is 5.88 Å². The summed E-state index contributed by atoms with van der Waals surface area (Å²) in [6.07, 6.45) is 4.71. The number of pyridine rings is 1. The van der Waals surface area contributed by atoms with E-state index in [0.29, 0.717) is 31.7 Å². The molecule has 4 rings (SSSR count). The zero-order valence-electron chi connectivity index (χ0n) is 22.1. The Morgan fingerprint density at radius 3 is 2.16 bits per heavy atom. The van der Waals surface area contributed by atoms with Gasteiger partial charge in [-0.05, 0) is 66.2 Å². The third-order valence-electron chi connectivity index (χ3n) is 7.13. The minimum atomic E-state index is -0.785. The van der Waals surface area contributed by atoms with Crippen LogP contribution in [0, 0.1) is 5.41 Å². The number of carbonyl (C=O) groups is 1. The molecule has 1 aliphatic rings. The summed E-state index contributed by atoms with van der Waals surface area (Å²) in [5.41, 5.74) is 3.11. The molecule has 0 saturated heterocycles. The van der Waals surface area contributed by atoms with Crippen LogP contribution in [-0.4, -0.2) is 28.3 Å². The minimum absolute atomic E-state index is 0.146. The normalized spacial score (nSPS) is 14.1. The number of carboxylic acid groups (broad SMARTS) is 1. The van der Waals surface area contributed by atoms with Crippen molar-refractivity contribution in [2.24, 2.45) is 26.1 Å². The summed E-state index contributed by atoms with van der Waals surface area (Å²) in [6.45, 7) is 4.81. The summed E-state index contributed by atoms with van der Waals surface area (Å²) in [4.78, 5) is 15.6. The fraction of sp³-hybridized carbons (Fsp3) is 0.400. The van der Waals surface area contributed by atoms with Crippen LogP contribution in [0.3, 0.4) is 0 Å². The van der Waals surface area contributed by atoms with Crippen molar-refractivity contribution in [3.63, 3.8) is 0 Å². The van der Waals surface area contributed by atoms with Gasteiger partial charge in [0.05, 0.1) is 12.3 Å². The van der Waals surface area contributed by atoms with E-state index in [0.717, 1.165) is 41.6 Å². The molecule has 8 heteroatoms. The van der Waals surface area contributed by atoms with E-state index >= 15 is 0 Å². The number of nitrogens with zero attached hydrogens (tertiary/aromatic N) is 5. The second-order valence-corrected chi connectivity index (χ2v) is 10.3. The van der Waals surface area contributed by atoms with Gasteiger partial charge in [-0.1, -0.05) is 74.5 Å². The highest BCUT2D eigenvalue weighted by Crippen LogP contribution is 2.46. The van der Waals surface area contributed by atoms with E-state index in [-0.39, 0.29) is 11.8 Å². The molecule has 8 nitrogen and oxygen atoms in total. The Balaban J connectivity index is 1.36. The Hall–Kier alpha value is -3.94. The van der Waals surface area contributed by atoms with Crippen molar-refractivity contribution >= 4 is 5.97 Å². The molecule has 0 unspecified atom stereocenters. The molecule has 0 atom stereocenters. The van der Waals surface area contributed by atoms with E-state index in [2.05, 4.69) is 64.9 Å². The Kier molecular flexibility index (Phi) is 8.94. The molecule has 38 heavy (non-hydrogen) atoms. The number of carboxylic acids is 1. The molecule has 198 valence electrons. The van der Waals surface area contributed by atoms with Gasteiger partial charge in [-0.25, -0.2) is 4.98 Å². The first-order valence-corrected chi connectivity index (χ1v) is 13.2. The minimum Gasteiger partial charge on any atom is -0.481 e. The molecule has 1 N–H and O–H groups in total. The van der Waals surface area contributed by atoms with E-state index in [1.165, 1.54) is 0 Å². The number of rotatable bonds is 14. The number of unbranched alkanes of at least 4 members (excludes halogenated alkanes) is 2. The number of ether oxygens (including phenoxy) is 1. The summed E-state index contributed by atoms with van der Waals surface area (Å²) < 4.78 is 6.15. The molecule has 0 fully saturated rings. The first-order chi connectivity index (χ1) is 18.4. The third-order valence-corrected chi connectivity index (χ3v) is 7.13. The number of hydrogen-bond donors (Lipinski definition) is 1. The van der Waals surface area contributed by atoms with Crippen molar-refractivity contribution in [1.82, 2.24) is 4.98 Å². The third kappa shape index (κ3) is 6.88. The van der Waals surface area contributed by atoms with Gasteiger partial charge in [-0.3, -0.25) is 4.79 Å². The first kappa shape index (κ1) is 27.1. The van der Waals surface area contributed by atoms with Crippen LogP contribution in [0.15, 0.2) is 93.5 Å². The SMILES string of the molecule is CC(C)(CCCCOc1cc(-c2ccccc2)cc(-c2ccccc2)n1)C1(CCCCC(=O)O)N=NN=N1. The van der Waals surface area contributed by atoms with Gasteiger partial charge < -0.3 is 9.84 Å². The maximum absolute atomic E-state index is 10.9. The highest BCUT2D eigenvalue weighted by atomic mass is 16.5. The van der Waals surface area contributed by atoms with Crippen LogP contribution in [0.2, 0.25) is 0 Å². The van der Waals surface area contributed by atoms with Crippen molar-refractivity contribution in [2.75, 3.05) is 6.61 Å². The molecule has 0 spiro atoms. The van der Waals surface area contributed by atoms with Crippen molar-refractivity contribution in [2.45, 2.75) is 64.5 Å². The smallest absolute Gasteiger partial charge is 0.303 e. The highest BCUT2D eigenvalue weighted by Gasteiger charge is 2.47. The molecular weight excluding hydrogens is 478 g/mol. The summed E-state index contributed by atoms with van der Waals surface area (Å²) in [5, 5.41) is 25.3. The van der Waals surface area contributed by atoms with Gasteiger partial charge >= 0.3 is 5.97 Å². The molecule has 1 aliphatic heterocycles. The molecule has 2 aromatic carbocycles. The predicted molar refractivity (Wildman–Crippen MR) is 147 cm³/mol.